The summed E-state index contributed by atoms with van der Waals surface area (Å²) in [5.74, 6) is 0.0101. The van der Waals surface area contributed by atoms with Gasteiger partial charge in [0.05, 0.1) is 0 Å². The third-order valence-electron chi connectivity index (χ3n) is 5.20. The zero-order valence-corrected chi connectivity index (χ0v) is 13.1. The Morgan fingerprint density at radius 3 is 2.88 bits per heavy atom. The number of nitrogens with one attached hydrogen (secondary N) is 2. The van der Waals surface area contributed by atoms with Crippen LogP contribution in [-0.2, 0) is 0 Å². The van der Waals surface area contributed by atoms with Gasteiger partial charge in [-0.2, -0.15) is 0 Å². The molecule has 2 aromatic rings. The van der Waals surface area contributed by atoms with Crippen molar-refractivity contribution in [2.45, 2.75) is 37.4 Å². The maximum Gasteiger partial charge on any atom is 0.289 e. The minimum Gasteiger partial charge on any atom is -0.451 e. The molecule has 5 rings (SSSR count). The number of furan rings is 1. The van der Waals surface area contributed by atoms with Crippen LogP contribution in [-0.4, -0.2) is 52.9 Å². The average Bonchev–Trinajstić information content (AvgIpc) is 3.03. The molecule has 7 nitrogen and oxygen atoms in total. The van der Waals surface area contributed by atoms with Crippen molar-refractivity contribution in [2.75, 3.05) is 13.1 Å². The van der Waals surface area contributed by atoms with E-state index in [-0.39, 0.29) is 17.9 Å². The molecule has 0 radical (unpaired) electrons. The Morgan fingerprint density at radius 2 is 2.17 bits per heavy atom. The summed E-state index contributed by atoms with van der Waals surface area (Å²) in [6.07, 6.45) is 4.88. The van der Waals surface area contributed by atoms with E-state index in [1.807, 2.05) is 0 Å². The van der Waals surface area contributed by atoms with Gasteiger partial charge in [-0.15, -0.1) is 0 Å². The largest absolute Gasteiger partial charge is 0.451 e. The lowest BCUT2D eigenvalue weighted by Crippen LogP contribution is -2.43. The first-order valence-electron chi connectivity index (χ1n) is 8.43. The van der Waals surface area contributed by atoms with E-state index in [1.54, 1.807) is 23.2 Å². The molecule has 0 saturated carbocycles. The van der Waals surface area contributed by atoms with E-state index in [4.69, 9.17) is 4.42 Å². The lowest BCUT2D eigenvalue weighted by Gasteiger charge is -2.21. The third-order valence-corrected chi connectivity index (χ3v) is 5.20. The summed E-state index contributed by atoms with van der Waals surface area (Å²) >= 11 is 0. The Hall–Kier alpha value is -2.41. The first kappa shape index (κ1) is 14.0. The zero-order valence-electron chi connectivity index (χ0n) is 13.1. The van der Waals surface area contributed by atoms with Crippen molar-refractivity contribution in [1.82, 2.24) is 20.5 Å². The topological polar surface area (TPSA) is 87.2 Å². The van der Waals surface area contributed by atoms with Gasteiger partial charge in [-0.05, 0) is 25.3 Å². The van der Waals surface area contributed by atoms with Crippen molar-refractivity contribution in [3.8, 4) is 0 Å². The Morgan fingerprint density at radius 1 is 1.29 bits per heavy atom. The second kappa shape index (κ2) is 5.04. The van der Waals surface area contributed by atoms with Crippen molar-refractivity contribution in [3.05, 3.63) is 29.8 Å². The van der Waals surface area contributed by atoms with Crippen LogP contribution < -0.4 is 10.6 Å². The maximum atomic E-state index is 12.5. The van der Waals surface area contributed by atoms with Gasteiger partial charge in [-0.25, -0.2) is 0 Å². The van der Waals surface area contributed by atoms with Crippen molar-refractivity contribution in [3.63, 3.8) is 0 Å². The number of hydrogen-bond donors (Lipinski definition) is 2. The smallest absolute Gasteiger partial charge is 0.289 e. The molecule has 3 aliphatic heterocycles. The van der Waals surface area contributed by atoms with Crippen molar-refractivity contribution in [2.24, 2.45) is 0 Å². The first-order valence-corrected chi connectivity index (χ1v) is 8.43. The number of pyridine rings is 1. The van der Waals surface area contributed by atoms with Gasteiger partial charge in [0.1, 0.15) is 11.3 Å². The van der Waals surface area contributed by atoms with Crippen LogP contribution in [0.25, 0.3) is 11.0 Å². The molecule has 24 heavy (non-hydrogen) atoms. The SMILES string of the molecule is O=C(N[C@@H]1C[C@H]2CC[C@@H]1N2)c1cc2oc(C(=O)N3CC3)cc2cn1. The molecule has 5 heterocycles. The number of aromatic nitrogens is 1. The van der Waals surface area contributed by atoms with Crippen molar-refractivity contribution < 1.29 is 14.0 Å². The number of hydrogen-bond acceptors (Lipinski definition) is 5. The first-order chi connectivity index (χ1) is 11.7. The maximum absolute atomic E-state index is 12.5. The van der Waals surface area contributed by atoms with Crippen molar-refractivity contribution in [1.29, 1.82) is 0 Å². The predicted molar refractivity (Wildman–Crippen MR) is 85.7 cm³/mol. The number of carbonyl (C=O) groups excluding carboxylic acids is 2. The fraction of sp³-hybridized carbons (Fsp3) is 0.471. The summed E-state index contributed by atoms with van der Waals surface area (Å²) in [6.45, 7) is 1.55. The number of nitrogens with zero attached hydrogens (tertiary/aromatic N) is 2. The second-order valence-electron chi connectivity index (χ2n) is 6.87. The molecule has 2 amide bonds. The van der Waals surface area contributed by atoms with E-state index < -0.39 is 0 Å². The molecule has 0 aromatic carbocycles. The van der Waals surface area contributed by atoms with E-state index in [2.05, 4.69) is 15.6 Å². The number of rotatable bonds is 3. The van der Waals surface area contributed by atoms with Crippen LogP contribution in [0.2, 0.25) is 0 Å². The van der Waals surface area contributed by atoms with Crippen LogP contribution in [0.15, 0.2) is 22.7 Å². The van der Waals surface area contributed by atoms with Crippen LogP contribution in [0.4, 0.5) is 0 Å². The fourth-order valence-electron chi connectivity index (χ4n) is 3.80. The van der Waals surface area contributed by atoms with Gasteiger partial charge in [0.15, 0.2) is 5.76 Å². The second-order valence-corrected chi connectivity index (χ2v) is 6.87. The average molecular weight is 326 g/mol. The molecular weight excluding hydrogens is 308 g/mol. The molecule has 3 saturated heterocycles. The predicted octanol–water partition coefficient (Wildman–Crippen LogP) is 0.906. The number of amides is 2. The molecule has 3 aliphatic rings. The van der Waals surface area contributed by atoms with Gasteiger partial charge in [0, 0.05) is 48.9 Å². The molecular formula is C17H18N4O3. The Kier molecular flexibility index (Phi) is 2.94. The van der Waals surface area contributed by atoms with Crippen LogP contribution in [0.5, 0.6) is 0 Å². The van der Waals surface area contributed by atoms with Crippen LogP contribution in [0.3, 0.4) is 0 Å². The molecule has 7 heteroatoms. The third kappa shape index (κ3) is 2.27. The Balaban J connectivity index is 1.36. The van der Waals surface area contributed by atoms with Gasteiger partial charge in [0.25, 0.3) is 11.8 Å². The highest BCUT2D eigenvalue weighted by Crippen LogP contribution is 2.28. The van der Waals surface area contributed by atoms with Crippen LogP contribution in [0.1, 0.15) is 40.3 Å². The molecule has 2 bridgehead atoms. The molecule has 2 aromatic heterocycles. The molecule has 3 atom stereocenters. The molecule has 0 aliphatic carbocycles. The van der Waals surface area contributed by atoms with Gasteiger partial charge in [-0.3, -0.25) is 14.6 Å². The van der Waals surface area contributed by atoms with Gasteiger partial charge in [-0.1, -0.05) is 0 Å². The van der Waals surface area contributed by atoms with E-state index in [9.17, 15) is 9.59 Å². The van der Waals surface area contributed by atoms with E-state index in [0.29, 0.717) is 29.1 Å². The van der Waals surface area contributed by atoms with Gasteiger partial charge >= 0.3 is 0 Å². The summed E-state index contributed by atoms with van der Waals surface area (Å²) in [6, 6.07) is 4.38. The van der Waals surface area contributed by atoms with Crippen molar-refractivity contribution >= 4 is 22.8 Å². The summed E-state index contributed by atoms with van der Waals surface area (Å²) < 4.78 is 5.62. The summed E-state index contributed by atoms with van der Waals surface area (Å²) in [5.41, 5.74) is 0.844. The van der Waals surface area contributed by atoms with Crippen LogP contribution in [0, 0.1) is 0 Å². The summed E-state index contributed by atoms with van der Waals surface area (Å²) in [7, 11) is 0. The summed E-state index contributed by atoms with van der Waals surface area (Å²) in [4.78, 5) is 30.4. The van der Waals surface area contributed by atoms with E-state index >= 15 is 0 Å². The summed E-state index contributed by atoms with van der Waals surface area (Å²) in [5, 5.41) is 7.30. The monoisotopic (exact) mass is 326 g/mol. The Labute approximate surface area is 138 Å². The molecule has 2 N–H and O–H groups in total. The van der Waals surface area contributed by atoms with Gasteiger partial charge < -0.3 is 20.0 Å². The van der Waals surface area contributed by atoms with Crippen LogP contribution >= 0.6 is 0 Å². The lowest BCUT2D eigenvalue weighted by molar-refractivity contribution is 0.0857. The fourth-order valence-corrected chi connectivity index (χ4v) is 3.80. The molecule has 3 fully saturated rings. The number of carbonyl (C=O) groups is 2. The minimum atomic E-state index is -0.188. The molecule has 0 spiro atoms. The van der Waals surface area contributed by atoms with E-state index in [0.717, 1.165) is 31.3 Å². The number of fused-ring (bicyclic) bond motifs is 3. The highest BCUT2D eigenvalue weighted by molar-refractivity contribution is 5.99. The minimum absolute atomic E-state index is 0.106. The lowest BCUT2D eigenvalue weighted by atomic mass is 9.95. The quantitative estimate of drug-likeness (QED) is 0.819. The standard InChI is InChI=1S/C17H18N4O3/c22-16(20-12-6-10-1-2-11(12)19-10)13-7-14-9(8-18-13)5-15(24-14)17(23)21-3-4-21/h5,7-8,10-12,19H,1-4,6H2,(H,20,22)/t10-,11+,12-/m1/s1. The Bertz CT molecular complexity index is 841. The highest BCUT2D eigenvalue weighted by Gasteiger charge is 2.39. The zero-order chi connectivity index (χ0) is 16.3. The van der Waals surface area contributed by atoms with E-state index in [1.165, 1.54) is 6.42 Å². The highest BCUT2D eigenvalue weighted by atomic mass is 16.3. The van der Waals surface area contributed by atoms with Gasteiger partial charge in [0.2, 0.25) is 0 Å². The molecule has 124 valence electrons. The normalized spacial score (nSPS) is 27.7. The molecule has 0 unspecified atom stereocenters.